The monoisotopic (exact) mass is 281 g/mol. The average molecular weight is 281 g/mol. The number of aliphatic hydroxyl groups excluding tert-OH is 1. The zero-order valence-corrected chi connectivity index (χ0v) is 13.6. The van der Waals surface area contributed by atoms with E-state index in [0.29, 0.717) is 6.61 Å². The molecule has 1 atom stereocenters. The maximum absolute atomic E-state index is 9.98. The third-order valence-corrected chi connectivity index (χ3v) is 5.70. The summed E-state index contributed by atoms with van der Waals surface area (Å²) >= 11 is 0. The number of rotatable bonds is 5. The van der Waals surface area contributed by atoms with Crippen LogP contribution < -0.4 is 0 Å². The van der Waals surface area contributed by atoms with Crippen molar-refractivity contribution in [2.45, 2.75) is 77.6 Å². The minimum atomic E-state index is 0.223. The summed E-state index contributed by atoms with van der Waals surface area (Å²) in [6, 6.07) is 0. The van der Waals surface area contributed by atoms with Gasteiger partial charge in [-0.1, -0.05) is 45.4 Å². The molecule has 2 rings (SSSR count). The third kappa shape index (κ3) is 4.73. The van der Waals surface area contributed by atoms with Gasteiger partial charge in [0.05, 0.1) is 0 Å². The van der Waals surface area contributed by atoms with Gasteiger partial charge in [0.2, 0.25) is 0 Å². The van der Waals surface area contributed by atoms with Gasteiger partial charge in [0.15, 0.2) is 0 Å². The highest BCUT2D eigenvalue weighted by Crippen LogP contribution is 2.36. The van der Waals surface area contributed by atoms with E-state index >= 15 is 0 Å². The van der Waals surface area contributed by atoms with E-state index in [-0.39, 0.29) is 5.41 Å². The molecule has 20 heavy (non-hydrogen) atoms. The molecule has 1 aliphatic carbocycles. The van der Waals surface area contributed by atoms with Crippen LogP contribution in [0.5, 0.6) is 0 Å². The van der Waals surface area contributed by atoms with Crippen molar-refractivity contribution in [1.29, 1.82) is 0 Å². The minimum Gasteiger partial charge on any atom is -0.396 e. The Morgan fingerprint density at radius 3 is 2.40 bits per heavy atom. The van der Waals surface area contributed by atoms with E-state index in [9.17, 15) is 5.11 Å². The first kappa shape index (κ1) is 16.3. The molecule has 1 saturated heterocycles. The van der Waals surface area contributed by atoms with Crippen LogP contribution in [0.2, 0.25) is 0 Å². The molecule has 1 heterocycles. The van der Waals surface area contributed by atoms with E-state index in [1.165, 1.54) is 83.7 Å². The second-order valence-corrected chi connectivity index (χ2v) is 7.43. The van der Waals surface area contributed by atoms with Crippen LogP contribution in [-0.2, 0) is 0 Å². The lowest BCUT2D eigenvalue weighted by Crippen LogP contribution is -2.40. The van der Waals surface area contributed by atoms with Crippen molar-refractivity contribution in [2.24, 2.45) is 11.3 Å². The molecule has 1 aliphatic heterocycles. The maximum Gasteiger partial charge on any atom is 0.0499 e. The number of nitrogens with zero attached hydrogens (tertiary/aromatic N) is 1. The lowest BCUT2D eigenvalue weighted by atomic mass is 9.80. The summed E-state index contributed by atoms with van der Waals surface area (Å²) in [4.78, 5) is 2.68. The first-order valence-electron chi connectivity index (χ1n) is 9.11. The van der Waals surface area contributed by atoms with E-state index in [0.717, 1.165) is 12.5 Å². The first-order chi connectivity index (χ1) is 9.78. The molecule has 118 valence electrons. The van der Waals surface area contributed by atoms with Gasteiger partial charge in [0.1, 0.15) is 0 Å². The van der Waals surface area contributed by atoms with Crippen LogP contribution in [0.3, 0.4) is 0 Å². The number of hydrogen-bond donors (Lipinski definition) is 1. The molecule has 1 unspecified atom stereocenters. The number of aliphatic hydroxyl groups is 1. The molecular formula is C18H35NO. The number of hydrogen-bond acceptors (Lipinski definition) is 2. The topological polar surface area (TPSA) is 23.5 Å². The smallest absolute Gasteiger partial charge is 0.0499 e. The molecule has 0 bridgehead atoms. The molecule has 0 aromatic rings. The second kappa shape index (κ2) is 8.38. The highest BCUT2D eigenvalue weighted by atomic mass is 16.3. The van der Waals surface area contributed by atoms with E-state index < -0.39 is 0 Å². The highest BCUT2D eigenvalue weighted by Gasteiger charge is 2.32. The van der Waals surface area contributed by atoms with Crippen LogP contribution in [-0.4, -0.2) is 36.2 Å². The fraction of sp³-hybridized carbons (Fsp3) is 1.00. The van der Waals surface area contributed by atoms with Gasteiger partial charge < -0.3 is 10.0 Å². The average Bonchev–Trinajstić information content (AvgIpc) is 2.82. The Bertz CT molecular complexity index is 258. The molecular weight excluding hydrogens is 246 g/mol. The molecule has 2 fully saturated rings. The van der Waals surface area contributed by atoms with Gasteiger partial charge in [0, 0.05) is 18.6 Å². The Kier molecular flexibility index (Phi) is 6.83. The standard InChI is InChI=1S/C18H35NO/c1-2-8-17-9-7-13-19(14-10-17)15-18(16-20)11-5-3-4-6-12-18/h17,20H,2-16H2,1H3. The van der Waals surface area contributed by atoms with Gasteiger partial charge in [-0.25, -0.2) is 0 Å². The zero-order valence-electron chi connectivity index (χ0n) is 13.6. The van der Waals surface area contributed by atoms with Crippen molar-refractivity contribution in [2.75, 3.05) is 26.2 Å². The van der Waals surface area contributed by atoms with Gasteiger partial charge in [-0.15, -0.1) is 0 Å². The van der Waals surface area contributed by atoms with Gasteiger partial charge >= 0.3 is 0 Å². The molecule has 0 aromatic heterocycles. The van der Waals surface area contributed by atoms with E-state index in [4.69, 9.17) is 0 Å². The Morgan fingerprint density at radius 2 is 1.75 bits per heavy atom. The van der Waals surface area contributed by atoms with Gasteiger partial charge in [-0.3, -0.25) is 0 Å². The summed E-state index contributed by atoms with van der Waals surface area (Å²) < 4.78 is 0. The van der Waals surface area contributed by atoms with Crippen molar-refractivity contribution in [1.82, 2.24) is 4.90 Å². The Balaban J connectivity index is 1.87. The van der Waals surface area contributed by atoms with Crippen molar-refractivity contribution in [3.05, 3.63) is 0 Å². The molecule has 0 radical (unpaired) electrons. The largest absolute Gasteiger partial charge is 0.396 e. The summed E-state index contributed by atoms with van der Waals surface area (Å²) in [5.41, 5.74) is 0.223. The van der Waals surface area contributed by atoms with Gasteiger partial charge in [-0.2, -0.15) is 0 Å². The van der Waals surface area contributed by atoms with E-state index in [2.05, 4.69) is 11.8 Å². The molecule has 0 spiro atoms. The minimum absolute atomic E-state index is 0.223. The molecule has 1 saturated carbocycles. The quantitative estimate of drug-likeness (QED) is 0.763. The summed E-state index contributed by atoms with van der Waals surface area (Å²) in [5, 5.41) is 9.98. The van der Waals surface area contributed by atoms with Crippen molar-refractivity contribution < 1.29 is 5.11 Å². The number of likely N-dealkylation sites (tertiary alicyclic amines) is 1. The van der Waals surface area contributed by atoms with Gasteiger partial charge in [0.25, 0.3) is 0 Å². The Hall–Kier alpha value is -0.0800. The summed E-state index contributed by atoms with van der Waals surface area (Å²) in [5.74, 6) is 0.962. The fourth-order valence-corrected chi connectivity index (χ4v) is 4.40. The third-order valence-electron chi connectivity index (χ3n) is 5.70. The van der Waals surface area contributed by atoms with Crippen LogP contribution >= 0.6 is 0 Å². The molecule has 0 amide bonds. The van der Waals surface area contributed by atoms with Crippen molar-refractivity contribution in [3.63, 3.8) is 0 Å². The van der Waals surface area contributed by atoms with Gasteiger partial charge in [-0.05, 0) is 51.1 Å². The predicted octanol–water partition coefficient (Wildman–Crippen LogP) is 4.22. The van der Waals surface area contributed by atoms with E-state index in [1.54, 1.807) is 0 Å². The Morgan fingerprint density at radius 1 is 1.00 bits per heavy atom. The van der Waals surface area contributed by atoms with Crippen LogP contribution in [0.15, 0.2) is 0 Å². The molecule has 1 N–H and O–H groups in total. The van der Waals surface area contributed by atoms with Crippen LogP contribution in [0, 0.1) is 11.3 Å². The molecule has 2 heteroatoms. The molecule has 2 aliphatic rings. The maximum atomic E-state index is 9.98. The summed E-state index contributed by atoms with van der Waals surface area (Å²) in [7, 11) is 0. The van der Waals surface area contributed by atoms with Crippen molar-refractivity contribution in [3.8, 4) is 0 Å². The zero-order chi connectivity index (χ0) is 14.3. The summed E-state index contributed by atoms with van der Waals surface area (Å²) in [6.45, 7) is 6.41. The fourth-order valence-electron chi connectivity index (χ4n) is 4.40. The lowest BCUT2D eigenvalue weighted by Gasteiger charge is -2.36. The lowest BCUT2D eigenvalue weighted by molar-refractivity contribution is 0.0601. The summed E-state index contributed by atoms with van der Waals surface area (Å²) in [6.07, 6.45) is 14.8. The SMILES string of the molecule is CCCC1CCCN(CC2(CO)CCCCCC2)CC1. The predicted molar refractivity (Wildman–Crippen MR) is 85.9 cm³/mol. The first-order valence-corrected chi connectivity index (χ1v) is 9.11. The van der Waals surface area contributed by atoms with E-state index in [1.807, 2.05) is 0 Å². The second-order valence-electron chi connectivity index (χ2n) is 7.43. The van der Waals surface area contributed by atoms with Crippen LogP contribution in [0.1, 0.15) is 77.6 Å². The highest BCUT2D eigenvalue weighted by molar-refractivity contribution is 4.85. The van der Waals surface area contributed by atoms with Crippen LogP contribution in [0.25, 0.3) is 0 Å². The molecule has 2 nitrogen and oxygen atoms in total. The van der Waals surface area contributed by atoms with Crippen molar-refractivity contribution >= 4 is 0 Å². The normalized spacial score (nSPS) is 28.8. The Labute approximate surface area is 125 Å². The van der Waals surface area contributed by atoms with Crippen LogP contribution in [0.4, 0.5) is 0 Å². The molecule has 0 aromatic carbocycles.